The molecule has 0 bridgehead atoms. The van der Waals surface area contributed by atoms with Crippen LogP contribution in [-0.4, -0.2) is 29.9 Å². The Labute approximate surface area is 142 Å². The molecule has 1 amide bonds. The number of ether oxygens (including phenoxy) is 1. The number of esters is 1. The lowest BCUT2D eigenvalue weighted by Crippen LogP contribution is -2.26. The van der Waals surface area contributed by atoms with Crippen molar-refractivity contribution in [1.29, 1.82) is 0 Å². The highest BCUT2D eigenvalue weighted by Gasteiger charge is 2.45. The van der Waals surface area contributed by atoms with Gasteiger partial charge in [-0.2, -0.15) is 0 Å². The highest BCUT2D eigenvalue weighted by Crippen LogP contribution is 2.35. The minimum absolute atomic E-state index is 0.0110. The van der Waals surface area contributed by atoms with Crippen LogP contribution in [0, 0.1) is 5.92 Å². The number of rotatable bonds is 5. The number of carbonyl (C=O) groups is 2. The van der Waals surface area contributed by atoms with Gasteiger partial charge in [-0.25, -0.2) is 0 Å². The molecule has 2 aromatic carbocycles. The van der Waals surface area contributed by atoms with Gasteiger partial charge in [0, 0.05) is 13.1 Å². The SMILES string of the molecule is CCOC(=O)[C@@H]1CN(Cc2ccccc2)C(=O)[C@@H]1c1ccccc1. The van der Waals surface area contributed by atoms with Crippen LogP contribution in [0.15, 0.2) is 60.7 Å². The highest BCUT2D eigenvalue weighted by molar-refractivity contribution is 5.93. The number of hydrogen-bond acceptors (Lipinski definition) is 3. The zero-order chi connectivity index (χ0) is 16.9. The summed E-state index contributed by atoms with van der Waals surface area (Å²) < 4.78 is 5.21. The van der Waals surface area contributed by atoms with Crippen LogP contribution in [0.25, 0.3) is 0 Å². The molecule has 0 radical (unpaired) electrons. The molecule has 4 heteroatoms. The number of nitrogens with zero attached hydrogens (tertiary/aromatic N) is 1. The van der Waals surface area contributed by atoms with Gasteiger partial charge in [0.2, 0.25) is 5.91 Å². The molecular formula is C20H21NO3. The first-order chi connectivity index (χ1) is 11.7. The van der Waals surface area contributed by atoms with Gasteiger partial charge in [-0.1, -0.05) is 60.7 Å². The summed E-state index contributed by atoms with van der Waals surface area (Å²) >= 11 is 0. The van der Waals surface area contributed by atoms with Crippen LogP contribution >= 0.6 is 0 Å². The van der Waals surface area contributed by atoms with E-state index >= 15 is 0 Å². The van der Waals surface area contributed by atoms with Crippen LogP contribution in [0.5, 0.6) is 0 Å². The van der Waals surface area contributed by atoms with Crippen LogP contribution < -0.4 is 0 Å². The number of benzene rings is 2. The first-order valence-electron chi connectivity index (χ1n) is 8.25. The average Bonchev–Trinajstić information content (AvgIpc) is 2.93. The molecule has 2 atom stereocenters. The standard InChI is InChI=1S/C20H21NO3/c1-2-24-20(23)17-14-21(13-15-9-5-3-6-10-15)19(22)18(17)16-11-7-4-8-12-16/h3-12,17-18H,2,13-14H2,1H3/t17-,18-/m1/s1. The zero-order valence-electron chi connectivity index (χ0n) is 13.7. The van der Waals surface area contributed by atoms with Gasteiger partial charge in [0.05, 0.1) is 18.4 Å². The minimum Gasteiger partial charge on any atom is -0.466 e. The third-order valence-corrected chi connectivity index (χ3v) is 4.36. The molecular weight excluding hydrogens is 302 g/mol. The fraction of sp³-hybridized carbons (Fsp3) is 0.300. The van der Waals surface area contributed by atoms with E-state index in [1.54, 1.807) is 11.8 Å². The Morgan fingerprint density at radius 1 is 1.08 bits per heavy atom. The van der Waals surface area contributed by atoms with Gasteiger partial charge in [-0.05, 0) is 18.1 Å². The molecule has 24 heavy (non-hydrogen) atoms. The average molecular weight is 323 g/mol. The van der Waals surface area contributed by atoms with Crippen molar-refractivity contribution >= 4 is 11.9 Å². The van der Waals surface area contributed by atoms with Gasteiger partial charge in [0.1, 0.15) is 0 Å². The molecule has 0 unspecified atom stereocenters. The van der Waals surface area contributed by atoms with Crippen LogP contribution in [0.4, 0.5) is 0 Å². The topological polar surface area (TPSA) is 46.6 Å². The number of likely N-dealkylation sites (tertiary alicyclic amines) is 1. The van der Waals surface area contributed by atoms with E-state index in [9.17, 15) is 9.59 Å². The second-order valence-corrected chi connectivity index (χ2v) is 5.95. The molecule has 0 aromatic heterocycles. The summed E-state index contributed by atoms with van der Waals surface area (Å²) in [5.74, 6) is -1.23. The van der Waals surface area contributed by atoms with E-state index in [-0.39, 0.29) is 11.9 Å². The summed E-state index contributed by atoms with van der Waals surface area (Å²) in [5.41, 5.74) is 1.93. The van der Waals surface area contributed by atoms with Crippen molar-refractivity contribution in [2.24, 2.45) is 5.92 Å². The van der Waals surface area contributed by atoms with Gasteiger partial charge >= 0.3 is 5.97 Å². The second kappa shape index (κ2) is 7.30. The van der Waals surface area contributed by atoms with Crippen molar-refractivity contribution < 1.29 is 14.3 Å². The van der Waals surface area contributed by atoms with Crippen LogP contribution in [0.2, 0.25) is 0 Å². The van der Waals surface area contributed by atoms with Gasteiger partial charge < -0.3 is 9.64 Å². The van der Waals surface area contributed by atoms with Gasteiger partial charge in [-0.15, -0.1) is 0 Å². The molecule has 3 rings (SSSR count). The Kier molecular flexibility index (Phi) is 4.94. The zero-order valence-corrected chi connectivity index (χ0v) is 13.7. The molecule has 0 N–H and O–H groups in total. The molecule has 1 aliphatic heterocycles. The largest absolute Gasteiger partial charge is 0.466 e. The van der Waals surface area contributed by atoms with E-state index in [0.29, 0.717) is 19.7 Å². The third-order valence-electron chi connectivity index (χ3n) is 4.36. The lowest BCUT2D eigenvalue weighted by Gasteiger charge is -2.16. The maximum absolute atomic E-state index is 12.9. The molecule has 0 saturated carbocycles. The van der Waals surface area contributed by atoms with E-state index in [0.717, 1.165) is 11.1 Å². The highest BCUT2D eigenvalue weighted by atomic mass is 16.5. The molecule has 2 aromatic rings. The fourth-order valence-electron chi connectivity index (χ4n) is 3.24. The van der Waals surface area contributed by atoms with E-state index in [1.807, 2.05) is 60.7 Å². The monoisotopic (exact) mass is 323 g/mol. The summed E-state index contributed by atoms with van der Waals surface area (Å²) in [7, 11) is 0. The third kappa shape index (κ3) is 3.32. The van der Waals surface area contributed by atoms with Gasteiger partial charge in [0.15, 0.2) is 0 Å². The van der Waals surface area contributed by atoms with Gasteiger partial charge in [-0.3, -0.25) is 9.59 Å². The maximum Gasteiger partial charge on any atom is 0.311 e. The maximum atomic E-state index is 12.9. The Morgan fingerprint density at radius 2 is 1.71 bits per heavy atom. The fourth-order valence-corrected chi connectivity index (χ4v) is 3.24. The van der Waals surface area contributed by atoms with E-state index in [1.165, 1.54) is 0 Å². The van der Waals surface area contributed by atoms with Crippen molar-refractivity contribution in [3.8, 4) is 0 Å². The minimum atomic E-state index is -0.464. The molecule has 0 spiro atoms. The number of carbonyl (C=O) groups excluding carboxylic acids is 2. The summed E-state index contributed by atoms with van der Waals surface area (Å²) in [5, 5.41) is 0. The number of hydrogen-bond donors (Lipinski definition) is 0. The summed E-state index contributed by atoms with van der Waals surface area (Å²) in [6, 6.07) is 19.3. The molecule has 124 valence electrons. The number of amides is 1. The molecule has 0 aliphatic carbocycles. The van der Waals surface area contributed by atoms with E-state index in [4.69, 9.17) is 4.74 Å². The van der Waals surface area contributed by atoms with Crippen molar-refractivity contribution in [1.82, 2.24) is 4.90 Å². The molecule has 4 nitrogen and oxygen atoms in total. The van der Waals surface area contributed by atoms with E-state index < -0.39 is 11.8 Å². The van der Waals surface area contributed by atoms with Crippen molar-refractivity contribution in [3.05, 3.63) is 71.8 Å². The molecule has 1 fully saturated rings. The van der Waals surface area contributed by atoms with Gasteiger partial charge in [0.25, 0.3) is 0 Å². The van der Waals surface area contributed by atoms with Crippen LogP contribution in [-0.2, 0) is 20.9 Å². The first kappa shape index (κ1) is 16.2. The van der Waals surface area contributed by atoms with Crippen LogP contribution in [0.1, 0.15) is 24.0 Å². The van der Waals surface area contributed by atoms with Crippen molar-refractivity contribution in [2.45, 2.75) is 19.4 Å². The Bertz CT molecular complexity index is 699. The summed E-state index contributed by atoms with van der Waals surface area (Å²) in [4.78, 5) is 27.1. The smallest absolute Gasteiger partial charge is 0.311 e. The molecule has 1 heterocycles. The lowest BCUT2D eigenvalue weighted by atomic mass is 9.88. The van der Waals surface area contributed by atoms with Crippen molar-refractivity contribution in [3.63, 3.8) is 0 Å². The van der Waals surface area contributed by atoms with E-state index in [2.05, 4.69) is 0 Å². The summed E-state index contributed by atoms with van der Waals surface area (Å²) in [6.07, 6.45) is 0. The predicted octanol–water partition coefficient (Wildman–Crippen LogP) is 2.99. The van der Waals surface area contributed by atoms with Crippen LogP contribution in [0.3, 0.4) is 0 Å². The first-order valence-corrected chi connectivity index (χ1v) is 8.25. The Balaban J connectivity index is 1.86. The Morgan fingerprint density at radius 3 is 2.33 bits per heavy atom. The Hall–Kier alpha value is -2.62. The predicted molar refractivity (Wildman–Crippen MR) is 91.2 cm³/mol. The normalized spacial score (nSPS) is 20.2. The summed E-state index contributed by atoms with van der Waals surface area (Å²) in [6.45, 7) is 3.02. The van der Waals surface area contributed by atoms with Crippen molar-refractivity contribution in [2.75, 3.05) is 13.2 Å². The molecule has 1 aliphatic rings. The quantitative estimate of drug-likeness (QED) is 0.795. The second-order valence-electron chi connectivity index (χ2n) is 5.95. The lowest BCUT2D eigenvalue weighted by molar-refractivity contribution is -0.148. The molecule has 1 saturated heterocycles.